The van der Waals surface area contributed by atoms with E-state index in [9.17, 15) is 0 Å². The van der Waals surface area contributed by atoms with E-state index in [-0.39, 0.29) is 16.4 Å². The lowest BCUT2D eigenvalue weighted by molar-refractivity contribution is 0.395. The summed E-state index contributed by atoms with van der Waals surface area (Å²) in [4.78, 5) is 2.44. The fourth-order valence-electron chi connectivity index (χ4n) is 4.11. The van der Waals surface area contributed by atoms with Gasteiger partial charge >= 0.3 is 0 Å². The third-order valence-electron chi connectivity index (χ3n) is 5.10. The van der Waals surface area contributed by atoms with Crippen molar-refractivity contribution in [1.82, 2.24) is 0 Å². The first-order chi connectivity index (χ1) is 13.2. The molecule has 0 bridgehead atoms. The van der Waals surface area contributed by atoms with Crippen LogP contribution < -0.4 is 14.4 Å². The summed E-state index contributed by atoms with van der Waals surface area (Å²) in [6.07, 6.45) is 0. The molecule has 2 aromatic rings. The van der Waals surface area contributed by atoms with Gasteiger partial charge < -0.3 is 14.4 Å². The van der Waals surface area contributed by atoms with Crippen molar-refractivity contribution in [3.8, 4) is 11.5 Å². The summed E-state index contributed by atoms with van der Waals surface area (Å²) in [5.41, 5.74) is 4.45. The summed E-state index contributed by atoms with van der Waals surface area (Å²) in [5.74, 6) is 1.84. The number of anilines is 2. The van der Waals surface area contributed by atoms with Crippen molar-refractivity contribution in [3.63, 3.8) is 0 Å². The molecular formula is C26H39NO2. The Labute approximate surface area is 178 Å². The summed E-state index contributed by atoms with van der Waals surface area (Å²) in [6, 6.07) is 12.7. The summed E-state index contributed by atoms with van der Waals surface area (Å²) >= 11 is 0. The molecule has 0 radical (unpaired) electrons. The van der Waals surface area contributed by atoms with Crippen molar-refractivity contribution in [2.45, 2.75) is 78.7 Å². The van der Waals surface area contributed by atoms with E-state index in [2.05, 4.69) is 104 Å². The predicted molar refractivity (Wildman–Crippen MR) is 125 cm³/mol. The highest BCUT2D eigenvalue weighted by Crippen LogP contribution is 2.48. The molecule has 3 heteroatoms. The Morgan fingerprint density at radius 2 is 0.931 bits per heavy atom. The van der Waals surface area contributed by atoms with Gasteiger partial charge in [0.2, 0.25) is 0 Å². The van der Waals surface area contributed by atoms with E-state index in [4.69, 9.17) is 9.47 Å². The molecule has 29 heavy (non-hydrogen) atoms. The monoisotopic (exact) mass is 397 g/mol. The van der Waals surface area contributed by atoms with Crippen LogP contribution in [0.25, 0.3) is 0 Å². The van der Waals surface area contributed by atoms with Crippen LogP contribution in [0.4, 0.5) is 11.4 Å². The Morgan fingerprint density at radius 1 is 0.586 bits per heavy atom. The fourth-order valence-corrected chi connectivity index (χ4v) is 4.11. The Morgan fingerprint density at radius 3 is 1.17 bits per heavy atom. The minimum absolute atomic E-state index is 0.0772. The molecule has 2 rings (SSSR count). The van der Waals surface area contributed by atoms with Crippen molar-refractivity contribution in [2.75, 3.05) is 19.1 Å². The van der Waals surface area contributed by atoms with Gasteiger partial charge in [-0.15, -0.1) is 0 Å². The van der Waals surface area contributed by atoms with Crippen molar-refractivity contribution in [1.29, 1.82) is 0 Å². The third kappa shape index (κ3) is 4.71. The molecule has 3 nitrogen and oxygen atoms in total. The highest BCUT2D eigenvalue weighted by atomic mass is 16.5. The molecule has 0 saturated carbocycles. The van der Waals surface area contributed by atoms with Gasteiger partial charge in [-0.1, -0.05) is 53.7 Å². The Hall–Kier alpha value is -2.16. The molecule has 0 spiro atoms. The van der Waals surface area contributed by atoms with E-state index in [1.807, 2.05) is 0 Å². The Balaban J connectivity index is 2.96. The van der Waals surface area contributed by atoms with E-state index in [0.29, 0.717) is 0 Å². The molecule has 0 fully saturated rings. The maximum absolute atomic E-state index is 5.80. The molecule has 0 aliphatic heterocycles. The number of nitrogens with zero attached hydrogens (tertiary/aromatic N) is 1. The second-order valence-electron chi connectivity index (χ2n) is 10.7. The van der Waals surface area contributed by atoms with Crippen molar-refractivity contribution >= 4 is 11.4 Å². The number of hydrogen-bond acceptors (Lipinski definition) is 3. The molecule has 0 aromatic heterocycles. The lowest BCUT2D eigenvalue weighted by Crippen LogP contribution is -2.40. The summed E-state index contributed by atoms with van der Waals surface area (Å²) in [6.45, 7) is 20.2. The third-order valence-corrected chi connectivity index (χ3v) is 5.10. The molecule has 160 valence electrons. The fraction of sp³-hybridized carbons (Fsp3) is 0.538. The quantitative estimate of drug-likeness (QED) is 0.543. The van der Waals surface area contributed by atoms with E-state index in [1.165, 1.54) is 22.5 Å². The largest absolute Gasteiger partial charge is 0.496 e. The lowest BCUT2D eigenvalue weighted by Gasteiger charge is -2.43. The van der Waals surface area contributed by atoms with Gasteiger partial charge in [0, 0.05) is 28.0 Å². The minimum atomic E-state index is -0.154. The van der Waals surface area contributed by atoms with Gasteiger partial charge in [0.05, 0.1) is 14.2 Å². The molecular weight excluding hydrogens is 358 g/mol. The Kier molecular flexibility index (Phi) is 6.32. The van der Waals surface area contributed by atoms with Gasteiger partial charge in [-0.3, -0.25) is 0 Å². The zero-order valence-electron chi connectivity index (χ0n) is 20.2. The number of hydrogen-bond donors (Lipinski definition) is 0. The second-order valence-corrected chi connectivity index (χ2v) is 10.7. The predicted octanol–water partition coefficient (Wildman–Crippen LogP) is 7.24. The van der Waals surface area contributed by atoms with Crippen LogP contribution in [0.2, 0.25) is 0 Å². The molecule has 0 atom stereocenters. The average Bonchev–Trinajstić information content (AvgIpc) is 2.58. The molecule has 2 aromatic carbocycles. The van der Waals surface area contributed by atoms with E-state index in [0.717, 1.165) is 11.5 Å². The first kappa shape index (κ1) is 23.1. The van der Waals surface area contributed by atoms with Crippen LogP contribution in [0.15, 0.2) is 36.4 Å². The molecule has 0 saturated heterocycles. The molecule has 0 aliphatic carbocycles. The van der Waals surface area contributed by atoms with Crippen LogP contribution in [0.3, 0.4) is 0 Å². The number of benzene rings is 2. The average molecular weight is 398 g/mol. The highest BCUT2D eigenvalue weighted by Gasteiger charge is 2.35. The van der Waals surface area contributed by atoms with E-state index < -0.39 is 0 Å². The first-order valence-electron chi connectivity index (χ1n) is 10.4. The zero-order valence-corrected chi connectivity index (χ0v) is 20.2. The lowest BCUT2D eigenvalue weighted by atomic mass is 9.81. The topological polar surface area (TPSA) is 21.7 Å². The van der Waals surface area contributed by atoms with Crippen molar-refractivity contribution in [2.24, 2.45) is 0 Å². The van der Waals surface area contributed by atoms with Crippen molar-refractivity contribution in [3.05, 3.63) is 47.5 Å². The van der Waals surface area contributed by atoms with Gasteiger partial charge in [-0.05, 0) is 55.9 Å². The van der Waals surface area contributed by atoms with E-state index >= 15 is 0 Å². The SMILES string of the molecule is COc1cccc(N(c2cccc(OC)c2C(C)(C)C)C(C)(C)C)c1C(C)(C)C. The first-order valence-corrected chi connectivity index (χ1v) is 10.4. The summed E-state index contributed by atoms with van der Waals surface area (Å²) in [5, 5.41) is 0. The van der Waals surface area contributed by atoms with Gasteiger partial charge in [-0.2, -0.15) is 0 Å². The standard InChI is InChI=1S/C26H39NO2/c1-24(2,3)22-18(14-12-16-20(22)28-10)27(26(7,8)9)19-15-13-17-21(29-11)23(19)25(4,5)6/h12-17H,1-11H3. The number of ether oxygens (including phenoxy) is 2. The maximum Gasteiger partial charge on any atom is 0.124 e. The summed E-state index contributed by atoms with van der Waals surface area (Å²) < 4.78 is 11.6. The molecule has 0 heterocycles. The maximum atomic E-state index is 5.80. The highest BCUT2D eigenvalue weighted by molar-refractivity contribution is 5.76. The van der Waals surface area contributed by atoms with Gasteiger partial charge in [0.15, 0.2) is 0 Å². The van der Waals surface area contributed by atoms with Crippen LogP contribution in [-0.4, -0.2) is 19.8 Å². The molecule has 0 aliphatic rings. The Bertz CT molecular complexity index is 783. The molecule has 0 amide bonds. The van der Waals surface area contributed by atoms with Crippen LogP contribution in [0, 0.1) is 0 Å². The van der Waals surface area contributed by atoms with Crippen LogP contribution in [-0.2, 0) is 10.8 Å². The van der Waals surface area contributed by atoms with Gasteiger partial charge in [0.25, 0.3) is 0 Å². The molecule has 0 unspecified atom stereocenters. The van der Waals surface area contributed by atoms with E-state index in [1.54, 1.807) is 14.2 Å². The summed E-state index contributed by atoms with van der Waals surface area (Å²) in [7, 11) is 3.50. The normalized spacial score (nSPS) is 12.7. The van der Waals surface area contributed by atoms with Crippen LogP contribution in [0.5, 0.6) is 11.5 Å². The number of rotatable bonds is 4. The second kappa shape index (κ2) is 7.93. The smallest absolute Gasteiger partial charge is 0.124 e. The van der Waals surface area contributed by atoms with Gasteiger partial charge in [-0.25, -0.2) is 0 Å². The van der Waals surface area contributed by atoms with Crippen molar-refractivity contribution < 1.29 is 9.47 Å². The molecule has 0 N–H and O–H groups in total. The van der Waals surface area contributed by atoms with Gasteiger partial charge in [0.1, 0.15) is 11.5 Å². The minimum Gasteiger partial charge on any atom is -0.496 e. The zero-order chi connectivity index (χ0) is 22.2. The van der Waals surface area contributed by atoms with Crippen LogP contribution in [0.1, 0.15) is 73.4 Å². The van der Waals surface area contributed by atoms with Crippen LogP contribution >= 0.6 is 0 Å². The number of methoxy groups -OCH3 is 2.